The minimum atomic E-state index is -0.118. The molecule has 3 saturated carbocycles. The molecule has 4 heteroatoms. The number of carbonyl (C=O) groups excluding carboxylic acids is 2. The second kappa shape index (κ2) is 7.05. The van der Waals surface area contributed by atoms with Gasteiger partial charge in [-0.15, -0.1) is 0 Å². The number of rotatable bonds is 6. The van der Waals surface area contributed by atoms with E-state index in [9.17, 15) is 9.59 Å². The van der Waals surface area contributed by atoms with Crippen LogP contribution in [0.1, 0.15) is 53.4 Å². The Bertz CT molecular complexity index is 484. The van der Waals surface area contributed by atoms with Crippen molar-refractivity contribution in [2.24, 2.45) is 47.3 Å². The molecule has 0 saturated heterocycles. The quantitative estimate of drug-likeness (QED) is 0.694. The van der Waals surface area contributed by atoms with E-state index in [-0.39, 0.29) is 23.8 Å². The third-order valence-corrected chi connectivity index (χ3v) is 6.63. The Balaban J connectivity index is 1.64. The van der Waals surface area contributed by atoms with Crippen LogP contribution in [0.25, 0.3) is 0 Å². The molecule has 0 heterocycles. The molecule has 24 heavy (non-hydrogen) atoms. The van der Waals surface area contributed by atoms with Crippen LogP contribution < -0.4 is 0 Å². The Morgan fingerprint density at radius 1 is 0.875 bits per heavy atom. The van der Waals surface area contributed by atoms with Gasteiger partial charge >= 0.3 is 11.9 Å². The van der Waals surface area contributed by atoms with Crippen molar-refractivity contribution >= 4 is 11.9 Å². The normalized spacial score (nSPS) is 37.1. The minimum Gasteiger partial charge on any atom is -0.465 e. The summed E-state index contributed by atoms with van der Waals surface area (Å²) < 4.78 is 11.2. The molecule has 0 unspecified atom stereocenters. The molecule has 136 valence electrons. The summed E-state index contributed by atoms with van der Waals surface area (Å²) >= 11 is 0. The lowest BCUT2D eigenvalue weighted by Crippen LogP contribution is -2.31. The molecule has 6 atom stereocenters. The van der Waals surface area contributed by atoms with Gasteiger partial charge < -0.3 is 9.47 Å². The molecule has 3 aliphatic carbocycles. The highest BCUT2D eigenvalue weighted by Gasteiger charge is 2.57. The van der Waals surface area contributed by atoms with Crippen molar-refractivity contribution in [1.29, 1.82) is 0 Å². The van der Waals surface area contributed by atoms with Crippen LogP contribution in [0, 0.1) is 47.3 Å². The van der Waals surface area contributed by atoms with E-state index in [0.29, 0.717) is 31.0 Å². The van der Waals surface area contributed by atoms with Crippen molar-refractivity contribution < 1.29 is 19.1 Å². The lowest BCUT2D eigenvalue weighted by Gasteiger charge is -2.30. The molecule has 3 fully saturated rings. The molecule has 3 rings (SSSR count). The minimum absolute atomic E-state index is 0.0838. The molecule has 0 N–H and O–H groups in total. The topological polar surface area (TPSA) is 52.6 Å². The Labute approximate surface area is 145 Å². The first-order valence-electron chi connectivity index (χ1n) is 9.71. The summed E-state index contributed by atoms with van der Waals surface area (Å²) in [6, 6.07) is 0. The zero-order valence-corrected chi connectivity index (χ0v) is 15.5. The van der Waals surface area contributed by atoms with E-state index >= 15 is 0 Å². The summed E-state index contributed by atoms with van der Waals surface area (Å²) in [6.45, 7) is 8.48. The molecular formula is C20H32O4. The summed E-state index contributed by atoms with van der Waals surface area (Å²) in [7, 11) is 0. The predicted octanol–water partition coefficient (Wildman–Crippen LogP) is 3.68. The van der Waals surface area contributed by atoms with E-state index in [1.165, 1.54) is 19.3 Å². The fourth-order valence-electron chi connectivity index (χ4n) is 5.45. The SMILES string of the molecule is CC(C)C(=O)OC[C@@H]1C[C@@H]2[C@H]3CC[C@@H](C3)[C@H]2[C@@H]1COC(=O)C(C)C. The number of ether oxygens (including phenoxy) is 2. The van der Waals surface area contributed by atoms with Crippen LogP contribution in [-0.2, 0) is 19.1 Å². The monoisotopic (exact) mass is 336 g/mol. The highest BCUT2D eigenvalue weighted by molar-refractivity contribution is 5.71. The summed E-state index contributed by atoms with van der Waals surface area (Å²) in [5, 5.41) is 0. The molecule has 0 aromatic carbocycles. The van der Waals surface area contributed by atoms with Crippen molar-refractivity contribution in [2.45, 2.75) is 53.4 Å². The number of carbonyl (C=O) groups is 2. The largest absolute Gasteiger partial charge is 0.465 e. The lowest BCUT2D eigenvalue weighted by molar-refractivity contribution is -0.153. The van der Waals surface area contributed by atoms with Gasteiger partial charge in [-0.1, -0.05) is 27.7 Å². The standard InChI is InChI=1S/C20H32O4/c1-11(2)19(21)23-9-15-8-16-13-5-6-14(7-13)18(16)17(15)10-24-20(22)12(3)4/h11-18H,5-10H2,1-4H3/t13-,14-,15-,16+,17+,18+/m0/s1. The van der Waals surface area contributed by atoms with Gasteiger partial charge in [0.15, 0.2) is 0 Å². The summed E-state index contributed by atoms with van der Waals surface area (Å²) in [5.41, 5.74) is 0. The molecule has 0 amide bonds. The van der Waals surface area contributed by atoms with E-state index in [4.69, 9.17) is 9.47 Å². The van der Waals surface area contributed by atoms with Crippen molar-refractivity contribution in [3.63, 3.8) is 0 Å². The third kappa shape index (κ3) is 3.34. The second-order valence-electron chi connectivity index (χ2n) is 8.80. The Kier molecular flexibility index (Phi) is 5.22. The van der Waals surface area contributed by atoms with Crippen LogP contribution in [0.2, 0.25) is 0 Å². The molecule has 0 aromatic rings. The first-order chi connectivity index (χ1) is 11.4. The van der Waals surface area contributed by atoms with Crippen molar-refractivity contribution in [3.8, 4) is 0 Å². The second-order valence-corrected chi connectivity index (χ2v) is 8.80. The zero-order chi connectivity index (χ0) is 17.4. The first kappa shape index (κ1) is 17.8. The van der Waals surface area contributed by atoms with Crippen LogP contribution in [0.4, 0.5) is 0 Å². The summed E-state index contributed by atoms with van der Waals surface area (Å²) in [6.07, 6.45) is 5.20. The van der Waals surface area contributed by atoms with Gasteiger partial charge in [0.2, 0.25) is 0 Å². The van der Waals surface area contributed by atoms with E-state index in [0.717, 1.165) is 24.2 Å². The van der Waals surface area contributed by atoms with Gasteiger partial charge in [-0.2, -0.15) is 0 Å². The molecule has 0 aromatic heterocycles. The maximum Gasteiger partial charge on any atom is 0.308 e. The van der Waals surface area contributed by atoms with Gasteiger partial charge in [0, 0.05) is 5.92 Å². The van der Waals surface area contributed by atoms with Crippen LogP contribution >= 0.6 is 0 Å². The van der Waals surface area contributed by atoms with Gasteiger partial charge in [0.05, 0.1) is 25.0 Å². The van der Waals surface area contributed by atoms with Gasteiger partial charge in [-0.3, -0.25) is 9.59 Å². The highest BCUT2D eigenvalue weighted by Crippen LogP contribution is 2.62. The van der Waals surface area contributed by atoms with Crippen LogP contribution in [-0.4, -0.2) is 25.2 Å². The average molecular weight is 336 g/mol. The maximum absolute atomic E-state index is 11.9. The van der Waals surface area contributed by atoms with E-state index in [1.54, 1.807) is 0 Å². The third-order valence-electron chi connectivity index (χ3n) is 6.63. The van der Waals surface area contributed by atoms with Gasteiger partial charge in [0.1, 0.15) is 0 Å². The molecular weight excluding hydrogens is 304 g/mol. The number of hydrogen-bond acceptors (Lipinski definition) is 4. The van der Waals surface area contributed by atoms with Gasteiger partial charge in [-0.05, 0) is 55.3 Å². The first-order valence-corrected chi connectivity index (χ1v) is 9.71. The Morgan fingerprint density at radius 2 is 1.46 bits per heavy atom. The number of hydrogen-bond donors (Lipinski definition) is 0. The van der Waals surface area contributed by atoms with Crippen molar-refractivity contribution in [2.75, 3.05) is 13.2 Å². The smallest absolute Gasteiger partial charge is 0.308 e. The fraction of sp³-hybridized carbons (Fsp3) is 0.900. The van der Waals surface area contributed by atoms with E-state index < -0.39 is 0 Å². The molecule has 0 aliphatic heterocycles. The molecule has 4 nitrogen and oxygen atoms in total. The Hall–Kier alpha value is -1.06. The molecule has 0 radical (unpaired) electrons. The van der Waals surface area contributed by atoms with E-state index in [1.807, 2.05) is 27.7 Å². The number of fused-ring (bicyclic) bond motifs is 5. The maximum atomic E-state index is 11.9. The summed E-state index contributed by atoms with van der Waals surface area (Å²) in [5.74, 6) is 3.41. The zero-order valence-electron chi connectivity index (χ0n) is 15.5. The molecule has 2 bridgehead atoms. The van der Waals surface area contributed by atoms with Crippen LogP contribution in [0.5, 0.6) is 0 Å². The number of esters is 2. The van der Waals surface area contributed by atoms with Crippen molar-refractivity contribution in [1.82, 2.24) is 0 Å². The Morgan fingerprint density at radius 3 is 2.08 bits per heavy atom. The van der Waals surface area contributed by atoms with Gasteiger partial charge in [0.25, 0.3) is 0 Å². The predicted molar refractivity (Wildman–Crippen MR) is 91.0 cm³/mol. The fourth-order valence-corrected chi connectivity index (χ4v) is 5.45. The molecule has 0 spiro atoms. The summed E-state index contributed by atoms with van der Waals surface area (Å²) in [4.78, 5) is 23.7. The van der Waals surface area contributed by atoms with Crippen molar-refractivity contribution in [3.05, 3.63) is 0 Å². The lowest BCUT2D eigenvalue weighted by atomic mass is 9.77. The van der Waals surface area contributed by atoms with E-state index in [2.05, 4.69) is 0 Å². The average Bonchev–Trinajstić information content (AvgIpc) is 3.21. The highest BCUT2D eigenvalue weighted by atomic mass is 16.5. The molecule has 3 aliphatic rings. The van der Waals surface area contributed by atoms with Gasteiger partial charge in [-0.25, -0.2) is 0 Å². The van der Waals surface area contributed by atoms with Crippen LogP contribution in [0.15, 0.2) is 0 Å². The van der Waals surface area contributed by atoms with Crippen LogP contribution in [0.3, 0.4) is 0 Å².